The average molecular weight is 523 g/mol. The molecule has 1 unspecified atom stereocenters. The molecule has 1 atom stereocenters. The van der Waals surface area contributed by atoms with Crippen LogP contribution in [0.15, 0.2) is 71.2 Å². The lowest BCUT2D eigenvalue weighted by Gasteiger charge is -2.15. The summed E-state index contributed by atoms with van der Waals surface area (Å²) in [4.78, 5) is 36.3. The van der Waals surface area contributed by atoms with Crippen molar-refractivity contribution in [3.63, 3.8) is 0 Å². The molecule has 174 valence electrons. The summed E-state index contributed by atoms with van der Waals surface area (Å²) >= 11 is 3.32. The topological polar surface area (TPSA) is 105 Å². The van der Waals surface area contributed by atoms with Crippen molar-refractivity contribution >= 4 is 39.6 Å². The van der Waals surface area contributed by atoms with Gasteiger partial charge in [0.05, 0.1) is 0 Å². The summed E-state index contributed by atoms with van der Waals surface area (Å²) < 4.78 is 6.11. The Bertz CT molecular complexity index is 1210. The number of halogens is 1. The molecule has 4 rings (SSSR count). The quantitative estimate of drug-likeness (QED) is 0.385. The largest absolute Gasteiger partial charge is 0.480 e. The highest BCUT2D eigenvalue weighted by Crippen LogP contribution is 2.44. The second kappa shape index (κ2) is 10.1. The Kier molecular flexibility index (Phi) is 6.98. The summed E-state index contributed by atoms with van der Waals surface area (Å²) in [7, 11) is 0. The number of hydrogen-bond donors (Lipinski definition) is 3. The standard InChI is InChI=1S/C26H23BrN2O5/c1-2-23(25(31)32)29-24(30)15-11-16(27)13-17(12-15)28-26(33)34-14-22-20-9-5-3-7-18(20)19-8-4-6-10-21(19)22/h3-13,22-23H,2,14H2,1H3,(H,28,33)(H,29,30)(H,31,32). The van der Waals surface area contributed by atoms with Crippen LogP contribution in [0.25, 0.3) is 11.1 Å². The lowest BCUT2D eigenvalue weighted by Crippen LogP contribution is -2.40. The number of nitrogens with one attached hydrogen (secondary N) is 2. The van der Waals surface area contributed by atoms with Gasteiger partial charge in [-0.2, -0.15) is 0 Å². The molecule has 0 heterocycles. The minimum atomic E-state index is -1.11. The van der Waals surface area contributed by atoms with E-state index in [0.717, 1.165) is 22.3 Å². The number of carbonyl (C=O) groups is 3. The molecule has 3 N–H and O–H groups in total. The van der Waals surface area contributed by atoms with E-state index in [2.05, 4.69) is 38.7 Å². The van der Waals surface area contributed by atoms with Crippen LogP contribution >= 0.6 is 15.9 Å². The second-order valence-electron chi connectivity index (χ2n) is 7.95. The number of benzene rings is 3. The van der Waals surface area contributed by atoms with Gasteiger partial charge in [0, 0.05) is 21.6 Å². The van der Waals surface area contributed by atoms with Crippen LogP contribution in [0.4, 0.5) is 10.5 Å². The fraction of sp³-hybridized carbons (Fsp3) is 0.192. The Morgan fingerprint density at radius 1 is 1.00 bits per heavy atom. The molecule has 0 aliphatic heterocycles. The summed E-state index contributed by atoms with van der Waals surface area (Å²) in [5.41, 5.74) is 5.06. The van der Waals surface area contributed by atoms with Crippen molar-refractivity contribution < 1.29 is 24.2 Å². The van der Waals surface area contributed by atoms with Crippen LogP contribution < -0.4 is 10.6 Å². The minimum absolute atomic E-state index is 0.0657. The first kappa shape index (κ1) is 23.5. The van der Waals surface area contributed by atoms with Crippen molar-refractivity contribution in [1.29, 1.82) is 0 Å². The van der Waals surface area contributed by atoms with E-state index < -0.39 is 24.0 Å². The first-order chi connectivity index (χ1) is 16.4. The number of rotatable bonds is 7. The van der Waals surface area contributed by atoms with Gasteiger partial charge in [0.2, 0.25) is 0 Å². The van der Waals surface area contributed by atoms with E-state index in [4.69, 9.17) is 4.74 Å². The Balaban J connectivity index is 1.44. The SMILES string of the molecule is CCC(NC(=O)c1cc(Br)cc(NC(=O)OCC2c3ccccc3-c3ccccc32)c1)C(=O)O. The van der Waals surface area contributed by atoms with E-state index >= 15 is 0 Å². The van der Waals surface area contributed by atoms with E-state index in [0.29, 0.717) is 10.2 Å². The van der Waals surface area contributed by atoms with Crippen LogP contribution in [0.2, 0.25) is 0 Å². The molecule has 8 heteroatoms. The summed E-state index contributed by atoms with van der Waals surface area (Å²) in [5, 5.41) is 14.3. The second-order valence-corrected chi connectivity index (χ2v) is 8.87. The first-order valence-corrected chi connectivity index (χ1v) is 11.6. The van der Waals surface area contributed by atoms with Crippen molar-refractivity contribution in [2.75, 3.05) is 11.9 Å². The predicted molar refractivity (Wildman–Crippen MR) is 132 cm³/mol. The molecule has 34 heavy (non-hydrogen) atoms. The third-order valence-electron chi connectivity index (χ3n) is 5.76. The molecular formula is C26H23BrN2O5. The minimum Gasteiger partial charge on any atom is -0.480 e. The summed E-state index contributed by atoms with van der Waals surface area (Å²) in [5.74, 6) is -1.72. The molecule has 0 bridgehead atoms. The van der Waals surface area contributed by atoms with Gasteiger partial charge in [-0.1, -0.05) is 71.4 Å². The van der Waals surface area contributed by atoms with Crippen LogP contribution in [0, 0.1) is 0 Å². The van der Waals surface area contributed by atoms with Crippen molar-refractivity contribution in [2.45, 2.75) is 25.3 Å². The fourth-order valence-electron chi connectivity index (χ4n) is 4.13. The van der Waals surface area contributed by atoms with Crippen molar-refractivity contribution in [2.24, 2.45) is 0 Å². The van der Waals surface area contributed by atoms with E-state index in [1.807, 2.05) is 36.4 Å². The van der Waals surface area contributed by atoms with E-state index in [-0.39, 0.29) is 24.5 Å². The molecule has 3 aromatic carbocycles. The van der Waals surface area contributed by atoms with Crippen molar-refractivity contribution in [1.82, 2.24) is 5.32 Å². The molecule has 0 radical (unpaired) electrons. The highest BCUT2D eigenvalue weighted by Gasteiger charge is 2.29. The maximum Gasteiger partial charge on any atom is 0.411 e. The number of aliphatic carboxylic acids is 1. The van der Waals surface area contributed by atoms with Gasteiger partial charge in [-0.3, -0.25) is 10.1 Å². The highest BCUT2D eigenvalue weighted by atomic mass is 79.9. The lowest BCUT2D eigenvalue weighted by atomic mass is 9.98. The van der Waals surface area contributed by atoms with Crippen molar-refractivity contribution in [3.05, 3.63) is 87.9 Å². The summed E-state index contributed by atoms with van der Waals surface area (Å²) in [6.07, 6.45) is -0.400. The third kappa shape index (κ3) is 4.97. The molecule has 1 aliphatic rings. The maximum atomic E-state index is 12.6. The number of fused-ring (bicyclic) bond motifs is 3. The number of amides is 2. The van der Waals surface area contributed by atoms with Gasteiger partial charge in [-0.25, -0.2) is 9.59 Å². The molecule has 3 aromatic rings. The van der Waals surface area contributed by atoms with E-state index in [1.54, 1.807) is 19.1 Å². The van der Waals surface area contributed by atoms with Crippen LogP contribution in [-0.2, 0) is 9.53 Å². The third-order valence-corrected chi connectivity index (χ3v) is 6.22. The Morgan fingerprint density at radius 2 is 1.62 bits per heavy atom. The van der Waals surface area contributed by atoms with Gasteiger partial charge < -0.3 is 15.2 Å². The molecule has 0 saturated carbocycles. The number of hydrogen-bond acceptors (Lipinski definition) is 4. The fourth-order valence-corrected chi connectivity index (χ4v) is 4.62. The summed E-state index contributed by atoms with van der Waals surface area (Å²) in [6, 6.07) is 19.8. The molecule has 7 nitrogen and oxygen atoms in total. The van der Waals surface area contributed by atoms with Gasteiger partial charge in [0.15, 0.2) is 0 Å². The number of carboxylic acids is 1. The highest BCUT2D eigenvalue weighted by molar-refractivity contribution is 9.10. The molecule has 1 aliphatic carbocycles. The maximum absolute atomic E-state index is 12.6. The zero-order chi connectivity index (χ0) is 24.2. The zero-order valence-corrected chi connectivity index (χ0v) is 20.0. The molecule has 0 spiro atoms. The van der Waals surface area contributed by atoms with E-state index in [9.17, 15) is 19.5 Å². The number of anilines is 1. The lowest BCUT2D eigenvalue weighted by molar-refractivity contribution is -0.139. The zero-order valence-electron chi connectivity index (χ0n) is 18.4. The smallest absolute Gasteiger partial charge is 0.411 e. The van der Waals surface area contributed by atoms with Crippen LogP contribution in [-0.4, -0.2) is 35.7 Å². The Morgan fingerprint density at radius 3 is 2.21 bits per heavy atom. The van der Waals surface area contributed by atoms with Crippen LogP contribution in [0.1, 0.15) is 40.7 Å². The van der Waals surface area contributed by atoms with Crippen molar-refractivity contribution in [3.8, 4) is 11.1 Å². The average Bonchev–Trinajstić information content (AvgIpc) is 3.14. The number of ether oxygens (including phenoxy) is 1. The number of carbonyl (C=O) groups excluding carboxylic acids is 2. The summed E-state index contributed by atoms with van der Waals surface area (Å²) in [6.45, 7) is 1.84. The van der Waals surface area contributed by atoms with Gasteiger partial charge in [-0.15, -0.1) is 0 Å². The van der Waals surface area contributed by atoms with E-state index in [1.165, 1.54) is 6.07 Å². The normalized spacial score (nSPS) is 12.9. The van der Waals surface area contributed by atoms with Gasteiger partial charge in [0.1, 0.15) is 12.6 Å². The molecule has 0 aromatic heterocycles. The molecule has 2 amide bonds. The predicted octanol–water partition coefficient (Wildman–Crippen LogP) is 5.40. The van der Waals surface area contributed by atoms with Gasteiger partial charge in [-0.05, 0) is 46.9 Å². The Labute approximate surface area is 205 Å². The molecule has 0 saturated heterocycles. The monoisotopic (exact) mass is 522 g/mol. The number of carboxylic acid groups (broad SMARTS) is 1. The molecule has 0 fully saturated rings. The van der Waals surface area contributed by atoms with Crippen LogP contribution in [0.3, 0.4) is 0 Å². The first-order valence-electron chi connectivity index (χ1n) is 10.8. The van der Waals surface area contributed by atoms with Crippen LogP contribution in [0.5, 0.6) is 0 Å². The van der Waals surface area contributed by atoms with Gasteiger partial charge >= 0.3 is 12.1 Å². The molecular weight excluding hydrogens is 500 g/mol. The Hall–Kier alpha value is -3.65. The van der Waals surface area contributed by atoms with Gasteiger partial charge in [0.25, 0.3) is 5.91 Å².